The molecule has 8 heteroatoms. The van der Waals surface area contributed by atoms with Crippen molar-refractivity contribution in [3.63, 3.8) is 0 Å². The number of rotatable bonds is 5. The Bertz CT molecular complexity index is 621. The Morgan fingerprint density at radius 1 is 1.27 bits per heavy atom. The lowest BCUT2D eigenvalue weighted by Gasteiger charge is -2.40. The standard InChI is InChI=1S/C18H25F3N2O3/c1-17(2,26)12-23(15-6-8-22(9-7-15)16(24)25)11-13-4-3-5-14(10-13)18(19,20)21/h3-5,10,15,26H,6-9,11-12H2,1-2H3,(H,24,25). The number of alkyl halides is 3. The largest absolute Gasteiger partial charge is 0.465 e. The predicted octanol–water partition coefficient (Wildman–Crippen LogP) is 3.42. The van der Waals surface area contributed by atoms with Crippen molar-refractivity contribution in [2.75, 3.05) is 19.6 Å². The molecule has 2 N–H and O–H groups in total. The molecule has 1 saturated heterocycles. The lowest BCUT2D eigenvalue weighted by molar-refractivity contribution is -0.137. The lowest BCUT2D eigenvalue weighted by Crippen LogP contribution is -2.49. The first-order valence-electron chi connectivity index (χ1n) is 8.56. The van der Waals surface area contributed by atoms with E-state index in [1.807, 2.05) is 4.90 Å². The minimum atomic E-state index is -4.40. The highest BCUT2D eigenvalue weighted by atomic mass is 19.4. The van der Waals surface area contributed by atoms with Crippen LogP contribution in [0.15, 0.2) is 24.3 Å². The number of benzene rings is 1. The van der Waals surface area contributed by atoms with E-state index in [0.717, 1.165) is 12.1 Å². The zero-order valence-electron chi connectivity index (χ0n) is 15.0. The summed E-state index contributed by atoms with van der Waals surface area (Å²) in [6.45, 7) is 4.62. The summed E-state index contributed by atoms with van der Waals surface area (Å²) in [4.78, 5) is 14.3. The zero-order chi connectivity index (χ0) is 19.5. The minimum absolute atomic E-state index is 0.00608. The van der Waals surface area contributed by atoms with Gasteiger partial charge in [0.25, 0.3) is 0 Å². The van der Waals surface area contributed by atoms with Gasteiger partial charge in [0.2, 0.25) is 0 Å². The van der Waals surface area contributed by atoms with Crippen molar-refractivity contribution < 1.29 is 28.2 Å². The molecule has 26 heavy (non-hydrogen) atoms. The molecule has 1 aliphatic rings. The Morgan fingerprint density at radius 2 is 1.88 bits per heavy atom. The van der Waals surface area contributed by atoms with E-state index in [1.54, 1.807) is 19.9 Å². The van der Waals surface area contributed by atoms with Gasteiger partial charge in [-0.05, 0) is 38.3 Å². The highest BCUT2D eigenvalue weighted by Crippen LogP contribution is 2.30. The van der Waals surface area contributed by atoms with Crippen molar-refractivity contribution in [3.8, 4) is 0 Å². The Kier molecular flexibility index (Phi) is 6.18. The zero-order valence-corrected chi connectivity index (χ0v) is 15.0. The van der Waals surface area contributed by atoms with Crippen molar-refractivity contribution in [3.05, 3.63) is 35.4 Å². The minimum Gasteiger partial charge on any atom is -0.465 e. The number of aliphatic hydroxyl groups is 1. The van der Waals surface area contributed by atoms with E-state index in [-0.39, 0.29) is 12.6 Å². The Morgan fingerprint density at radius 3 is 2.38 bits per heavy atom. The topological polar surface area (TPSA) is 64.0 Å². The van der Waals surface area contributed by atoms with Crippen LogP contribution in [0.25, 0.3) is 0 Å². The van der Waals surface area contributed by atoms with Gasteiger partial charge >= 0.3 is 12.3 Å². The number of amides is 1. The van der Waals surface area contributed by atoms with Crippen molar-refractivity contribution in [2.45, 2.75) is 51.1 Å². The average molecular weight is 374 g/mol. The second-order valence-corrected chi connectivity index (χ2v) is 7.42. The van der Waals surface area contributed by atoms with Gasteiger partial charge in [0.15, 0.2) is 0 Å². The molecule has 5 nitrogen and oxygen atoms in total. The van der Waals surface area contributed by atoms with E-state index in [9.17, 15) is 23.1 Å². The van der Waals surface area contributed by atoms with Crippen LogP contribution in [-0.2, 0) is 12.7 Å². The van der Waals surface area contributed by atoms with Crippen LogP contribution in [0.5, 0.6) is 0 Å². The molecule has 1 amide bonds. The highest BCUT2D eigenvalue weighted by molar-refractivity contribution is 5.65. The molecule has 1 fully saturated rings. The predicted molar refractivity (Wildman–Crippen MR) is 90.8 cm³/mol. The molecule has 0 unspecified atom stereocenters. The Hall–Kier alpha value is -1.80. The van der Waals surface area contributed by atoms with Gasteiger partial charge in [-0.3, -0.25) is 4.90 Å². The molecule has 0 radical (unpaired) electrons. The molecular weight excluding hydrogens is 349 g/mol. The maximum atomic E-state index is 12.9. The van der Waals surface area contributed by atoms with Crippen LogP contribution < -0.4 is 0 Å². The van der Waals surface area contributed by atoms with E-state index < -0.39 is 23.4 Å². The van der Waals surface area contributed by atoms with Crippen LogP contribution in [0.3, 0.4) is 0 Å². The maximum Gasteiger partial charge on any atom is 0.416 e. The molecule has 146 valence electrons. The number of likely N-dealkylation sites (tertiary alicyclic amines) is 1. The number of carbonyl (C=O) groups is 1. The summed E-state index contributed by atoms with van der Waals surface area (Å²) in [6.07, 6.45) is -4.19. The summed E-state index contributed by atoms with van der Waals surface area (Å²) in [5.41, 5.74) is -1.19. The maximum absolute atomic E-state index is 12.9. The molecular formula is C18H25F3N2O3. The molecule has 1 heterocycles. The first kappa shape index (κ1) is 20.5. The van der Waals surface area contributed by atoms with Gasteiger partial charge in [0.1, 0.15) is 0 Å². The summed E-state index contributed by atoms with van der Waals surface area (Å²) < 4.78 is 38.8. The monoisotopic (exact) mass is 374 g/mol. The fraction of sp³-hybridized carbons (Fsp3) is 0.611. The molecule has 0 saturated carbocycles. The Labute approximate surface area is 151 Å². The third kappa shape index (κ3) is 5.88. The first-order valence-corrected chi connectivity index (χ1v) is 8.56. The van der Waals surface area contributed by atoms with Gasteiger partial charge < -0.3 is 15.1 Å². The summed E-state index contributed by atoms with van der Waals surface area (Å²) in [5, 5.41) is 19.3. The van der Waals surface area contributed by atoms with Gasteiger partial charge in [-0.15, -0.1) is 0 Å². The number of piperidine rings is 1. The van der Waals surface area contributed by atoms with Crippen molar-refractivity contribution in [2.24, 2.45) is 0 Å². The van der Waals surface area contributed by atoms with Crippen LogP contribution in [0, 0.1) is 0 Å². The van der Waals surface area contributed by atoms with E-state index >= 15 is 0 Å². The van der Waals surface area contributed by atoms with E-state index in [4.69, 9.17) is 5.11 Å². The quantitative estimate of drug-likeness (QED) is 0.829. The molecule has 1 aromatic carbocycles. The fourth-order valence-corrected chi connectivity index (χ4v) is 3.31. The Balaban J connectivity index is 2.14. The van der Waals surface area contributed by atoms with Gasteiger partial charge in [0.05, 0.1) is 11.2 Å². The van der Waals surface area contributed by atoms with Crippen LogP contribution in [-0.4, -0.2) is 57.4 Å². The van der Waals surface area contributed by atoms with Crippen LogP contribution in [0.1, 0.15) is 37.8 Å². The smallest absolute Gasteiger partial charge is 0.416 e. The summed E-state index contributed by atoms with van der Waals surface area (Å²) in [6, 6.07) is 5.19. The average Bonchev–Trinajstić information content (AvgIpc) is 2.52. The number of nitrogens with zero attached hydrogens (tertiary/aromatic N) is 2. The van der Waals surface area contributed by atoms with Gasteiger partial charge in [0, 0.05) is 32.2 Å². The summed E-state index contributed by atoms with van der Waals surface area (Å²) in [5.74, 6) is 0. The van der Waals surface area contributed by atoms with Gasteiger partial charge in [-0.25, -0.2) is 4.79 Å². The molecule has 1 aromatic rings. The molecule has 0 bridgehead atoms. The molecule has 2 rings (SSSR count). The number of hydrogen-bond acceptors (Lipinski definition) is 3. The first-order chi connectivity index (χ1) is 12.0. The van der Waals surface area contributed by atoms with Crippen LogP contribution in [0.2, 0.25) is 0 Å². The summed E-state index contributed by atoms with van der Waals surface area (Å²) in [7, 11) is 0. The molecule has 0 aliphatic carbocycles. The normalized spacial score (nSPS) is 17.0. The third-order valence-corrected chi connectivity index (χ3v) is 4.48. The second kappa shape index (κ2) is 7.84. The van der Waals surface area contributed by atoms with Gasteiger partial charge in [-0.1, -0.05) is 18.2 Å². The third-order valence-electron chi connectivity index (χ3n) is 4.48. The van der Waals surface area contributed by atoms with Crippen molar-refractivity contribution in [1.29, 1.82) is 0 Å². The van der Waals surface area contributed by atoms with Crippen LogP contribution in [0.4, 0.5) is 18.0 Å². The number of halogens is 3. The SMILES string of the molecule is CC(C)(O)CN(Cc1cccc(C(F)(F)F)c1)C1CCN(C(=O)O)CC1. The van der Waals surface area contributed by atoms with E-state index in [1.165, 1.54) is 11.0 Å². The molecule has 0 spiro atoms. The summed E-state index contributed by atoms with van der Waals surface area (Å²) >= 11 is 0. The number of carboxylic acid groups (broad SMARTS) is 1. The van der Waals surface area contributed by atoms with Crippen molar-refractivity contribution in [1.82, 2.24) is 9.80 Å². The van der Waals surface area contributed by atoms with Crippen molar-refractivity contribution >= 4 is 6.09 Å². The van der Waals surface area contributed by atoms with E-state index in [2.05, 4.69) is 0 Å². The van der Waals surface area contributed by atoms with E-state index in [0.29, 0.717) is 38.0 Å². The second-order valence-electron chi connectivity index (χ2n) is 7.42. The van der Waals surface area contributed by atoms with Crippen LogP contribution >= 0.6 is 0 Å². The lowest BCUT2D eigenvalue weighted by atomic mass is 9.99. The molecule has 0 aromatic heterocycles. The molecule has 0 atom stereocenters. The fourth-order valence-electron chi connectivity index (χ4n) is 3.31. The highest BCUT2D eigenvalue weighted by Gasteiger charge is 2.32. The number of hydrogen-bond donors (Lipinski definition) is 2. The molecule has 1 aliphatic heterocycles. The van der Waals surface area contributed by atoms with Gasteiger partial charge in [-0.2, -0.15) is 13.2 Å².